The molecule has 2 aliphatic heterocycles. The highest BCUT2D eigenvalue weighted by molar-refractivity contribution is 8.07. The molecule has 0 spiro atoms. The number of aliphatic carboxylic acids is 1. The molecule has 2 fully saturated rings. The summed E-state index contributed by atoms with van der Waals surface area (Å²) in [6.07, 6.45) is -0.874. The molecule has 6 heteroatoms. The van der Waals surface area contributed by atoms with Gasteiger partial charge in [-0.2, -0.15) is 0 Å². The monoisotopic (exact) mass is 235 g/mol. The molecule has 2 aliphatic rings. The molecule has 0 aromatic rings. The van der Waals surface area contributed by atoms with Crippen molar-refractivity contribution in [3.05, 3.63) is 0 Å². The first-order valence-electron chi connectivity index (χ1n) is 4.55. The van der Waals surface area contributed by atoms with Gasteiger partial charge in [-0.3, -0.25) is 9.69 Å². The van der Waals surface area contributed by atoms with Gasteiger partial charge in [0.05, 0.1) is 23.3 Å². The van der Waals surface area contributed by atoms with Gasteiger partial charge in [0.2, 0.25) is 0 Å². The van der Waals surface area contributed by atoms with Crippen molar-refractivity contribution in [2.45, 2.75) is 23.3 Å². The van der Waals surface area contributed by atoms with E-state index in [1.54, 1.807) is 0 Å². The van der Waals surface area contributed by atoms with Crippen LogP contribution in [0.1, 0.15) is 6.42 Å². The summed E-state index contributed by atoms with van der Waals surface area (Å²) in [5.74, 6) is 1.32. The van der Waals surface area contributed by atoms with Crippen LogP contribution in [0.2, 0.25) is 0 Å². The molecule has 0 bridgehead atoms. The fraction of sp³-hybridized carbons (Fsp3) is 0.875. The van der Waals surface area contributed by atoms with Crippen LogP contribution in [0.25, 0.3) is 0 Å². The maximum absolute atomic E-state index is 10.4. The van der Waals surface area contributed by atoms with E-state index in [2.05, 4.69) is 4.90 Å². The number of hydrogen-bond acceptors (Lipinski definition) is 5. The van der Waals surface area contributed by atoms with Crippen LogP contribution in [-0.4, -0.2) is 56.0 Å². The Bertz CT molecular complexity index is 219. The van der Waals surface area contributed by atoms with E-state index in [0.29, 0.717) is 17.3 Å². The first-order valence-corrected chi connectivity index (χ1v) is 6.65. The lowest BCUT2D eigenvalue weighted by Gasteiger charge is -2.21. The van der Waals surface area contributed by atoms with Crippen LogP contribution in [0, 0.1) is 0 Å². The molecule has 2 saturated heterocycles. The van der Waals surface area contributed by atoms with Gasteiger partial charge < -0.3 is 10.2 Å². The topological polar surface area (TPSA) is 60.8 Å². The summed E-state index contributed by atoms with van der Waals surface area (Å²) in [6.45, 7) is 0.502. The van der Waals surface area contributed by atoms with E-state index in [0.717, 1.165) is 11.5 Å². The van der Waals surface area contributed by atoms with Crippen LogP contribution < -0.4 is 0 Å². The Morgan fingerprint density at radius 1 is 1.43 bits per heavy atom. The van der Waals surface area contributed by atoms with Gasteiger partial charge in [-0.1, -0.05) is 0 Å². The van der Waals surface area contributed by atoms with Crippen molar-refractivity contribution >= 4 is 29.5 Å². The molecule has 3 atom stereocenters. The smallest absolute Gasteiger partial charge is 0.306 e. The lowest BCUT2D eigenvalue weighted by molar-refractivity contribution is -0.139. The molecule has 0 amide bonds. The van der Waals surface area contributed by atoms with Gasteiger partial charge in [0.1, 0.15) is 0 Å². The molecule has 80 valence electrons. The third-order valence-corrected chi connectivity index (χ3v) is 4.01. The molecule has 0 aromatic carbocycles. The minimum absolute atomic E-state index is 0.148. The predicted octanol–water partition coefficient (Wildman–Crippen LogP) is 0.270. The van der Waals surface area contributed by atoms with E-state index in [-0.39, 0.29) is 6.42 Å². The van der Waals surface area contributed by atoms with Crippen molar-refractivity contribution in [2.75, 3.05) is 18.1 Å². The van der Waals surface area contributed by atoms with Gasteiger partial charge in [0, 0.05) is 18.1 Å². The van der Waals surface area contributed by atoms with E-state index >= 15 is 0 Å². The predicted molar refractivity (Wildman–Crippen MR) is 57.5 cm³/mol. The second-order valence-corrected chi connectivity index (χ2v) is 5.95. The lowest BCUT2D eigenvalue weighted by atomic mass is 10.2. The zero-order valence-electron chi connectivity index (χ0n) is 7.63. The van der Waals surface area contributed by atoms with Gasteiger partial charge in [-0.25, -0.2) is 0 Å². The van der Waals surface area contributed by atoms with Crippen LogP contribution in [0.15, 0.2) is 0 Å². The molecule has 2 heterocycles. The van der Waals surface area contributed by atoms with Crippen LogP contribution >= 0.6 is 23.5 Å². The Hall–Kier alpha value is 0.0900. The summed E-state index contributed by atoms with van der Waals surface area (Å²) in [5.41, 5.74) is 0. The van der Waals surface area contributed by atoms with Crippen molar-refractivity contribution in [3.8, 4) is 0 Å². The summed E-state index contributed by atoms with van der Waals surface area (Å²) >= 11 is 3.72. The van der Waals surface area contributed by atoms with Crippen molar-refractivity contribution in [1.82, 2.24) is 4.90 Å². The highest BCUT2D eigenvalue weighted by atomic mass is 32.2. The van der Waals surface area contributed by atoms with E-state index in [1.165, 1.54) is 0 Å². The maximum Gasteiger partial charge on any atom is 0.306 e. The third kappa shape index (κ3) is 3.05. The molecular weight excluding hydrogens is 222 g/mol. The van der Waals surface area contributed by atoms with E-state index in [4.69, 9.17) is 5.11 Å². The highest BCUT2D eigenvalue weighted by Crippen LogP contribution is 2.43. The fourth-order valence-electron chi connectivity index (χ4n) is 1.40. The SMILES string of the molecule is O=C(O)CC(O)CN([C@@H]1CS1)[C@H]1CS1. The Kier molecular flexibility index (Phi) is 3.26. The molecule has 14 heavy (non-hydrogen) atoms. The van der Waals surface area contributed by atoms with Crippen LogP contribution in [0.3, 0.4) is 0 Å². The summed E-state index contributed by atoms with van der Waals surface area (Å²) in [5, 5.41) is 19.1. The summed E-state index contributed by atoms with van der Waals surface area (Å²) in [4.78, 5) is 12.6. The van der Waals surface area contributed by atoms with E-state index in [1.807, 2.05) is 23.5 Å². The summed E-state index contributed by atoms with van der Waals surface area (Å²) in [6, 6.07) is 0. The summed E-state index contributed by atoms with van der Waals surface area (Å²) < 4.78 is 0. The number of hydrogen-bond donors (Lipinski definition) is 2. The Morgan fingerprint density at radius 2 is 1.93 bits per heavy atom. The second kappa shape index (κ2) is 4.30. The molecule has 4 nitrogen and oxygen atoms in total. The second-order valence-electron chi connectivity index (χ2n) is 3.52. The van der Waals surface area contributed by atoms with Crippen molar-refractivity contribution in [2.24, 2.45) is 0 Å². The minimum Gasteiger partial charge on any atom is -0.481 e. The quantitative estimate of drug-likeness (QED) is 0.644. The molecule has 0 aromatic heterocycles. The lowest BCUT2D eigenvalue weighted by Crippen LogP contribution is -2.37. The van der Waals surface area contributed by atoms with Gasteiger partial charge >= 0.3 is 5.97 Å². The van der Waals surface area contributed by atoms with Gasteiger partial charge in [0.15, 0.2) is 0 Å². The van der Waals surface area contributed by atoms with E-state index in [9.17, 15) is 9.90 Å². The Labute approximate surface area is 91.0 Å². The largest absolute Gasteiger partial charge is 0.481 e. The molecule has 2 rings (SSSR count). The Morgan fingerprint density at radius 3 is 2.29 bits per heavy atom. The number of aliphatic hydroxyl groups excluding tert-OH is 1. The zero-order chi connectivity index (χ0) is 10.1. The first-order chi connectivity index (χ1) is 6.66. The van der Waals surface area contributed by atoms with Crippen LogP contribution in [-0.2, 0) is 4.79 Å². The molecule has 0 aliphatic carbocycles. The number of aliphatic hydroxyl groups is 1. The average molecular weight is 235 g/mol. The third-order valence-electron chi connectivity index (χ3n) is 2.20. The van der Waals surface area contributed by atoms with Gasteiger partial charge in [-0.15, -0.1) is 23.5 Å². The number of nitrogens with zero attached hydrogens (tertiary/aromatic N) is 1. The molecule has 2 N–H and O–H groups in total. The molecule has 0 saturated carbocycles. The van der Waals surface area contributed by atoms with E-state index < -0.39 is 12.1 Å². The summed E-state index contributed by atoms with van der Waals surface area (Å²) in [7, 11) is 0. The minimum atomic E-state index is -0.927. The number of carboxylic acid groups (broad SMARTS) is 1. The fourth-order valence-corrected chi connectivity index (χ4v) is 2.88. The van der Waals surface area contributed by atoms with Crippen molar-refractivity contribution in [3.63, 3.8) is 0 Å². The molecule has 0 radical (unpaired) electrons. The van der Waals surface area contributed by atoms with Crippen LogP contribution in [0.5, 0.6) is 0 Å². The standard InChI is InChI=1S/C8H13NO3S2/c10-5(1-8(11)12)2-9(6-3-13-6)7-4-14-7/h5-7,10H,1-4H2,(H,11,12)/t5?,6-,7+. The first kappa shape index (κ1) is 10.6. The van der Waals surface area contributed by atoms with Gasteiger partial charge in [0.25, 0.3) is 0 Å². The number of carbonyl (C=O) groups is 1. The molecular formula is C8H13NO3S2. The number of thioether (sulfide) groups is 2. The van der Waals surface area contributed by atoms with Crippen molar-refractivity contribution in [1.29, 1.82) is 0 Å². The number of carboxylic acids is 1. The zero-order valence-corrected chi connectivity index (χ0v) is 9.26. The Balaban J connectivity index is 1.77. The highest BCUT2D eigenvalue weighted by Gasteiger charge is 2.41. The maximum atomic E-state index is 10.4. The molecule has 1 unspecified atom stereocenters. The van der Waals surface area contributed by atoms with Crippen molar-refractivity contribution < 1.29 is 15.0 Å². The number of rotatable bonds is 6. The van der Waals surface area contributed by atoms with Crippen LogP contribution in [0.4, 0.5) is 0 Å². The normalized spacial score (nSPS) is 31.6. The van der Waals surface area contributed by atoms with Gasteiger partial charge in [-0.05, 0) is 0 Å². The average Bonchev–Trinajstić information content (AvgIpc) is 2.94.